The molecular weight excluding hydrogens is 362 g/mol. The van der Waals surface area contributed by atoms with E-state index in [1.54, 1.807) is 6.20 Å². The Bertz CT molecular complexity index is 987. The molecule has 8 nitrogen and oxygen atoms in total. The van der Waals surface area contributed by atoms with Gasteiger partial charge in [-0.1, -0.05) is 30.6 Å². The highest BCUT2D eigenvalue weighted by Gasteiger charge is 2.28. The number of hydrogen-bond donors (Lipinski definition) is 1. The number of aromatic amines is 1. The van der Waals surface area contributed by atoms with Crippen LogP contribution in [0.25, 0.3) is 4.96 Å². The quantitative estimate of drug-likeness (QED) is 0.745. The van der Waals surface area contributed by atoms with E-state index in [-0.39, 0.29) is 5.56 Å². The summed E-state index contributed by atoms with van der Waals surface area (Å²) in [6, 6.07) is 1.44. The summed E-state index contributed by atoms with van der Waals surface area (Å²) in [6.45, 7) is 1.77. The Morgan fingerprint density at radius 2 is 1.96 bits per heavy atom. The van der Waals surface area contributed by atoms with Gasteiger partial charge in [0.1, 0.15) is 5.82 Å². The molecule has 142 valence electrons. The van der Waals surface area contributed by atoms with Gasteiger partial charge in [-0.25, -0.2) is 9.97 Å². The third-order valence-corrected chi connectivity index (χ3v) is 6.71. The van der Waals surface area contributed by atoms with Crippen LogP contribution < -0.4 is 10.5 Å². The lowest BCUT2D eigenvalue weighted by Gasteiger charge is -2.30. The van der Waals surface area contributed by atoms with Crippen LogP contribution in [-0.2, 0) is 0 Å². The van der Waals surface area contributed by atoms with Crippen LogP contribution >= 0.6 is 11.3 Å². The topological polar surface area (TPSA) is 92.1 Å². The van der Waals surface area contributed by atoms with Gasteiger partial charge in [0.15, 0.2) is 5.82 Å². The van der Waals surface area contributed by atoms with Gasteiger partial charge in [-0.3, -0.25) is 9.89 Å². The molecule has 4 heterocycles. The number of fused-ring (bicyclic) bond motifs is 1. The van der Waals surface area contributed by atoms with Crippen LogP contribution in [0, 0.1) is 0 Å². The van der Waals surface area contributed by atoms with Crippen molar-refractivity contribution in [2.45, 2.75) is 56.8 Å². The molecule has 0 radical (unpaired) electrons. The molecule has 0 unspecified atom stereocenters. The van der Waals surface area contributed by atoms with Crippen molar-refractivity contribution in [1.82, 2.24) is 29.8 Å². The second-order valence-electron chi connectivity index (χ2n) is 7.56. The van der Waals surface area contributed by atoms with E-state index < -0.39 is 0 Å². The average molecular weight is 385 g/mol. The van der Waals surface area contributed by atoms with E-state index in [1.807, 2.05) is 0 Å². The second kappa shape index (κ2) is 7.03. The standard InChI is InChI=1S/C18H23N7OS/c26-14-8-9-19-17-25(14)23-18(27-17)24-10-4-7-13(11-24)16-20-15(21-22-16)12-5-2-1-3-6-12/h8-9,12-13H,1-7,10-11H2,(H,20,21,22)/t13-/m0/s1. The maximum Gasteiger partial charge on any atom is 0.275 e. The Labute approximate surface area is 160 Å². The Kier molecular flexibility index (Phi) is 4.39. The summed E-state index contributed by atoms with van der Waals surface area (Å²) in [6.07, 6.45) is 10.1. The molecule has 3 aromatic heterocycles. The predicted octanol–water partition coefficient (Wildman–Crippen LogP) is 2.70. The Hall–Kier alpha value is -2.29. The van der Waals surface area contributed by atoms with Crippen molar-refractivity contribution in [1.29, 1.82) is 0 Å². The molecule has 0 bridgehead atoms. The molecule has 1 saturated heterocycles. The molecule has 2 aliphatic rings. The molecule has 1 aliphatic heterocycles. The Balaban J connectivity index is 1.35. The zero-order valence-corrected chi connectivity index (χ0v) is 16.0. The van der Waals surface area contributed by atoms with E-state index in [2.05, 4.69) is 25.2 Å². The zero-order valence-electron chi connectivity index (χ0n) is 15.2. The molecule has 1 saturated carbocycles. The van der Waals surface area contributed by atoms with E-state index in [1.165, 1.54) is 54.0 Å². The number of H-pyrrole nitrogens is 1. The first-order valence-electron chi connectivity index (χ1n) is 9.80. The van der Waals surface area contributed by atoms with Crippen LogP contribution in [0.5, 0.6) is 0 Å². The number of rotatable bonds is 3. The second-order valence-corrected chi connectivity index (χ2v) is 8.50. The van der Waals surface area contributed by atoms with Gasteiger partial charge < -0.3 is 4.90 Å². The van der Waals surface area contributed by atoms with Crippen molar-refractivity contribution in [3.8, 4) is 0 Å². The Morgan fingerprint density at radius 1 is 1.11 bits per heavy atom. The lowest BCUT2D eigenvalue weighted by atomic mass is 9.89. The zero-order chi connectivity index (χ0) is 18.2. The molecule has 27 heavy (non-hydrogen) atoms. The summed E-state index contributed by atoms with van der Waals surface area (Å²) >= 11 is 1.46. The van der Waals surface area contributed by atoms with Crippen molar-refractivity contribution in [3.05, 3.63) is 34.3 Å². The summed E-state index contributed by atoms with van der Waals surface area (Å²) in [5.41, 5.74) is -0.137. The summed E-state index contributed by atoms with van der Waals surface area (Å²) in [5.74, 6) is 2.83. The fourth-order valence-electron chi connectivity index (χ4n) is 4.25. The number of aromatic nitrogens is 6. The number of nitrogens with zero attached hydrogens (tertiary/aromatic N) is 6. The maximum absolute atomic E-state index is 11.9. The fourth-order valence-corrected chi connectivity index (χ4v) is 5.16. The van der Waals surface area contributed by atoms with E-state index in [9.17, 15) is 4.79 Å². The van der Waals surface area contributed by atoms with Crippen LogP contribution in [0.3, 0.4) is 0 Å². The average Bonchev–Trinajstić information content (AvgIpc) is 3.37. The van der Waals surface area contributed by atoms with Crippen molar-refractivity contribution in [2.75, 3.05) is 18.0 Å². The highest BCUT2D eigenvalue weighted by atomic mass is 32.1. The molecule has 0 amide bonds. The predicted molar refractivity (Wildman–Crippen MR) is 104 cm³/mol. The monoisotopic (exact) mass is 385 g/mol. The van der Waals surface area contributed by atoms with Crippen LogP contribution in [0.4, 0.5) is 5.13 Å². The first-order valence-corrected chi connectivity index (χ1v) is 10.6. The number of hydrogen-bond acceptors (Lipinski definition) is 7. The molecule has 1 aliphatic carbocycles. The molecule has 9 heteroatoms. The van der Waals surface area contributed by atoms with E-state index in [0.29, 0.717) is 16.8 Å². The molecule has 3 aromatic rings. The van der Waals surface area contributed by atoms with Crippen molar-refractivity contribution >= 4 is 21.4 Å². The van der Waals surface area contributed by atoms with Gasteiger partial charge in [-0.15, -0.1) is 5.10 Å². The van der Waals surface area contributed by atoms with Crippen LogP contribution in [0.2, 0.25) is 0 Å². The lowest BCUT2D eigenvalue weighted by molar-refractivity contribution is 0.428. The molecule has 0 aromatic carbocycles. The summed E-state index contributed by atoms with van der Waals surface area (Å²) in [7, 11) is 0. The number of piperidine rings is 1. The van der Waals surface area contributed by atoms with E-state index >= 15 is 0 Å². The van der Waals surface area contributed by atoms with E-state index in [4.69, 9.17) is 4.98 Å². The summed E-state index contributed by atoms with van der Waals surface area (Å²) < 4.78 is 1.39. The van der Waals surface area contributed by atoms with Crippen LogP contribution in [0.1, 0.15) is 68.4 Å². The summed E-state index contributed by atoms with van der Waals surface area (Å²) in [5, 5.41) is 13.1. The smallest absolute Gasteiger partial charge is 0.275 e. The fraction of sp³-hybridized carbons (Fsp3) is 0.611. The largest absolute Gasteiger partial charge is 0.346 e. The van der Waals surface area contributed by atoms with Gasteiger partial charge in [-0.05, 0) is 25.7 Å². The minimum absolute atomic E-state index is 0.137. The van der Waals surface area contributed by atoms with Gasteiger partial charge in [0, 0.05) is 37.2 Å². The van der Waals surface area contributed by atoms with Gasteiger partial charge in [0.05, 0.1) is 0 Å². The highest BCUT2D eigenvalue weighted by Crippen LogP contribution is 2.33. The van der Waals surface area contributed by atoms with Crippen molar-refractivity contribution < 1.29 is 0 Å². The minimum atomic E-state index is -0.137. The van der Waals surface area contributed by atoms with Crippen LogP contribution in [0.15, 0.2) is 17.1 Å². The molecule has 0 spiro atoms. The first kappa shape index (κ1) is 16.9. The van der Waals surface area contributed by atoms with E-state index in [0.717, 1.165) is 42.7 Å². The Morgan fingerprint density at radius 3 is 2.81 bits per heavy atom. The minimum Gasteiger partial charge on any atom is -0.346 e. The van der Waals surface area contributed by atoms with Gasteiger partial charge in [0.25, 0.3) is 5.56 Å². The van der Waals surface area contributed by atoms with Crippen LogP contribution in [-0.4, -0.2) is 42.9 Å². The molecule has 1 atom stereocenters. The molecular formula is C18H23N7OS. The van der Waals surface area contributed by atoms with Gasteiger partial charge >= 0.3 is 0 Å². The number of anilines is 1. The first-order chi connectivity index (χ1) is 13.3. The third kappa shape index (κ3) is 3.24. The molecule has 1 N–H and O–H groups in total. The normalized spacial score (nSPS) is 21.8. The number of nitrogens with one attached hydrogen (secondary N) is 1. The molecule has 2 fully saturated rings. The third-order valence-electron chi connectivity index (χ3n) is 5.73. The lowest BCUT2D eigenvalue weighted by Crippen LogP contribution is -2.35. The van der Waals surface area contributed by atoms with Gasteiger partial charge in [-0.2, -0.15) is 9.61 Å². The van der Waals surface area contributed by atoms with Crippen molar-refractivity contribution in [3.63, 3.8) is 0 Å². The summed E-state index contributed by atoms with van der Waals surface area (Å²) in [4.78, 5) is 23.9. The highest BCUT2D eigenvalue weighted by molar-refractivity contribution is 7.20. The van der Waals surface area contributed by atoms with Gasteiger partial charge in [0.2, 0.25) is 10.1 Å². The maximum atomic E-state index is 11.9. The van der Waals surface area contributed by atoms with Crippen molar-refractivity contribution in [2.24, 2.45) is 0 Å². The SMILES string of the molecule is O=c1ccnc2sc(N3CCC[C@H](c4n[nH]c(C5CCCCC5)n4)C3)nn12. The molecule has 5 rings (SSSR count).